The molecule has 0 saturated heterocycles. The molecule has 1 aromatic heterocycles. The van der Waals surface area contributed by atoms with Gasteiger partial charge in [0.1, 0.15) is 11.0 Å². The summed E-state index contributed by atoms with van der Waals surface area (Å²) in [7, 11) is 0. The first-order valence-electron chi connectivity index (χ1n) is 5.48. The normalized spacial score (nSPS) is 12.9. The summed E-state index contributed by atoms with van der Waals surface area (Å²) >= 11 is 7.15. The van der Waals surface area contributed by atoms with Gasteiger partial charge in [-0.15, -0.1) is 0 Å². The molecule has 0 unspecified atom stereocenters. The number of amides is 1. The maximum atomic E-state index is 11.9. The predicted molar refractivity (Wildman–Crippen MR) is 73.9 cm³/mol. The van der Waals surface area contributed by atoms with Gasteiger partial charge in [-0.2, -0.15) is 8.75 Å². The van der Waals surface area contributed by atoms with Gasteiger partial charge in [-0.3, -0.25) is 4.79 Å². The minimum atomic E-state index is -0.581. The topological polar surface area (TPSA) is 80.9 Å². The van der Waals surface area contributed by atoms with Gasteiger partial charge in [-0.1, -0.05) is 25.4 Å². The van der Waals surface area contributed by atoms with Gasteiger partial charge < -0.3 is 11.1 Å². The van der Waals surface area contributed by atoms with Crippen molar-refractivity contribution in [3.63, 3.8) is 0 Å². The van der Waals surface area contributed by atoms with E-state index in [1.54, 1.807) is 12.1 Å². The molecule has 5 nitrogen and oxygen atoms in total. The van der Waals surface area contributed by atoms with E-state index in [-0.39, 0.29) is 11.8 Å². The molecule has 1 heterocycles. The highest BCUT2D eigenvalue weighted by Gasteiger charge is 2.20. The lowest BCUT2D eigenvalue weighted by Gasteiger charge is -2.16. The molecule has 0 spiro atoms. The van der Waals surface area contributed by atoms with E-state index in [4.69, 9.17) is 17.3 Å². The Hall–Kier alpha value is -1.24. The number of hydrogen-bond acceptors (Lipinski definition) is 5. The number of halogens is 1. The van der Waals surface area contributed by atoms with E-state index in [1.165, 1.54) is 0 Å². The Kier molecular flexibility index (Phi) is 3.79. The second-order valence-electron chi connectivity index (χ2n) is 4.31. The molecule has 0 aliphatic carbocycles. The van der Waals surface area contributed by atoms with Crippen molar-refractivity contribution in [2.24, 2.45) is 11.7 Å². The van der Waals surface area contributed by atoms with Crippen LogP contribution in [0.15, 0.2) is 12.1 Å². The molecule has 2 rings (SSSR count). The summed E-state index contributed by atoms with van der Waals surface area (Å²) in [6.45, 7) is 3.77. The fraction of sp³-hybridized carbons (Fsp3) is 0.364. The molecule has 96 valence electrons. The van der Waals surface area contributed by atoms with Crippen molar-refractivity contribution < 1.29 is 4.79 Å². The molecule has 0 radical (unpaired) electrons. The van der Waals surface area contributed by atoms with Crippen molar-refractivity contribution in [2.45, 2.75) is 19.9 Å². The molecule has 2 aromatic rings. The van der Waals surface area contributed by atoms with Gasteiger partial charge in [-0.25, -0.2) is 0 Å². The van der Waals surface area contributed by atoms with Crippen LogP contribution in [-0.4, -0.2) is 20.7 Å². The number of anilines is 1. The molecule has 1 atom stereocenters. The number of fused-ring (bicyclic) bond motifs is 1. The van der Waals surface area contributed by atoms with Crippen LogP contribution in [0, 0.1) is 5.92 Å². The minimum absolute atomic E-state index is 0.0523. The highest BCUT2D eigenvalue weighted by Crippen LogP contribution is 2.30. The smallest absolute Gasteiger partial charge is 0.241 e. The van der Waals surface area contributed by atoms with Gasteiger partial charge in [0.15, 0.2) is 0 Å². The average Bonchev–Trinajstić information content (AvgIpc) is 2.79. The number of nitrogens with two attached hydrogens (primary N) is 1. The van der Waals surface area contributed by atoms with Crippen LogP contribution >= 0.6 is 23.3 Å². The van der Waals surface area contributed by atoms with E-state index in [0.29, 0.717) is 21.7 Å². The van der Waals surface area contributed by atoms with Crippen LogP contribution < -0.4 is 11.1 Å². The molecule has 3 N–H and O–H groups in total. The van der Waals surface area contributed by atoms with Crippen LogP contribution in [0.5, 0.6) is 0 Å². The van der Waals surface area contributed by atoms with Crippen molar-refractivity contribution in [2.75, 3.05) is 5.32 Å². The molecule has 0 saturated carbocycles. The van der Waals surface area contributed by atoms with Gasteiger partial charge in [0.2, 0.25) is 5.91 Å². The van der Waals surface area contributed by atoms with E-state index >= 15 is 0 Å². The largest absolute Gasteiger partial charge is 0.322 e. The minimum Gasteiger partial charge on any atom is -0.322 e. The third kappa shape index (κ3) is 2.45. The standard InChI is InChI=1S/C11H13ClN4OS/c1-5(2)8(13)11(17)14-9-6(12)3-4-7-10(9)16-18-15-7/h3-5,8H,13H2,1-2H3,(H,14,17)/t8-/m1/s1. The van der Waals surface area contributed by atoms with E-state index in [1.807, 2.05) is 13.8 Å². The Labute approximate surface area is 114 Å². The van der Waals surface area contributed by atoms with E-state index in [2.05, 4.69) is 14.1 Å². The summed E-state index contributed by atoms with van der Waals surface area (Å²) in [6.07, 6.45) is 0. The molecular formula is C11H13ClN4OS. The van der Waals surface area contributed by atoms with Crippen molar-refractivity contribution in [1.29, 1.82) is 0 Å². The number of carbonyl (C=O) groups is 1. The van der Waals surface area contributed by atoms with Gasteiger partial charge in [0, 0.05) is 0 Å². The zero-order valence-electron chi connectivity index (χ0n) is 9.98. The molecule has 0 aliphatic heterocycles. The fourth-order valence-electron chi connectivity index (χ4n) is 1.46. The Morgan fingerprint density at radius 2 is 2.17 bits per heavy atom. The molecule has 18 heavy (non-hydrogen) atoms. The lowest BCUT2D eigenvalue weighted by molar-refractivity contribution is -0.118. The molecule has 1 aromatic carbocycles. The third-order valence-electron chi connectivity index (χ3n) is 2.65. The monoisotopic (exact) mass is 284 g/mol. The first kappa shape index (κ1) is 13.2. The van der Waals surface area contributed by atoms with Crippen LogP contribution in [-0.2, 0) is 4.79 Å². The second-order valence-corrected chi connectivity index (χ2v) is 5.25. The van der Waals surface area contributed by atoms with Crippen molar-refractivity contribution in [1.82, 2.24) is 8.75 Å². The number of nitrogens with one attached hydrogen (secondary N) is 1. The fourth-order valence-corrected chi connectivity index (χ4v) is 2.20. The van der Waals surface area contributed by atoms with E-state index in [9.17, 15) is 4.79 Å². The Morgan fingerprint density at radius 3 is 2.83 bits per heavy atom. The number of rotatable bonds is 3. The van der Waals surface area contributed by atoms with Crippen molar-refractivity contribution in [3.05, 3.63) is 17.2 Å². The first-order chi connectivity index (χ1) is 8.50. The molecule has 0 bridgehead atoms. The Balaban J connectivity index is 2.34. The molecule has 7 heteroatoms. The number of nitrogens with zero attached hydrogens (tertiary/aromatic N) is 2. The summed E-state index contributed by atoms with van der Waals surface area (Å²) in [5, 5.41) is 3.16. The van der Waals surface area contributed by atoms with Crippen LogP contribution in [0.3, 0.4) is 0 Å². The zero-order chi connectivity index (χ0) is 13.3. The molecule has 0 fully saturated rings. The summed E-state index contributed by atoms with van der Waals surface area (Å²) in [5.74, 6) is -0.219. The highest BCUT2D eigenvalue weighted by molar-refractivity contribution is 7.00. The number of aromatic nitrogens is 2. The van der Waals surface area contributed by atoms with Crippen LogP contribution in [0.2, 0.25) is 5.02 Å². The SMILES string of the molecule is CC(C)[C@@H](N)C(=O)Nc1c(Cl)ccc2nsnc12. The summed E-state index contributed by atoms with van der Waals surface area (Å²) in [4.78, 5) is 11.9. The molecule has 1 amide bonds. The second kappa shape index (κ2) is 5.17. The average molecular weight is 285 g/mol. The highest BCUT2D eigenvalue weighted by atomic mass is 35.5. The van der Waals surface area contributed by atoms with Gasteiger partial charge >= 0.3 is 0 Å². The summed E-state index contributed by atoms with van der Waals surface area (Å²) in [6, 6.07) is 2.86. The van der Waals surface area contributed by atoms with Gasteiger partial charge in [0.25, 0.3) is 0 Å². The van der Waals surface area contributed by atoms with Crippen molar-refractivity contribution in [3.8, 4) is 0 Å². The summed E-state index contributed by atoms with van der Waals surface area (Å²) < 4.78 is 8.22. The van der Waals surface area contributed by atoms with E-state index < -0.39 is 6.04 Å². The maximum Gasteiger partial charge on any atom is 0.241 e. The zero-order valence-corrected chi connectivity index (χ0v) is 11.5. The van der Waals surface area contributed by atoms with Gasteiger partial charge in [0.05, 0.1) is 28.5 Å². The number of carbonyl (C=O) groups excluding carboxylic acids is 1. The first-order valence-corrected chi connectivity index (χ1v) is 6.58. The van der Waals surface area contributed by atoms with Crippen molar-refractivity contribution >= 4 is 46.0 Å². The molecular weight excluding hydrogens is 272 g/mol. The Morgan fingerprint density at radius 1 is 1.44 bits per heavy atom. The quantitative estimate of drug-likeness (QED) is 0.906. The third-order valence-corrected chi connectivity index (χ3v) is 3.50. The number of benzene rings is 1. The van der Waals surface area contributed by atoms with Crippen LogP contribution in [0.4, 0.5) is 5.69 Å². The Bertz CT molecular complexity index is 583. The lowest BCUT2D eigenvalue weighted by Crippen LogP contribution is -2.39. The van der Waals surface area contributed by atoms with Crippen LogP contribution in [0.25, 0.3) is 11.0 Å². The molecule has 0 aliphatic rings. The maximum absolute atomic E-state index is 11.9. The summed E-state index contributed by atoms with van der Waals surface area (Å²) in [5.41, 5.74) is 7.57. The van der Waals surface area contributed by atoms with Crippen LogP contribution in [0.1, 0.15) is 13.8 Å². The number of hydrogen-bond donors (Lipinski definition) is 2. The van der Waals surface area contributed by atoms with E-state index in [0.717, 1.165) is 11.7 Å². The predicted octanol–water partition coefficient (Wildman–Crippen LogP) is 2.27. The lowest BCUT2D eigenvalue weighted by atomic mass is 10.0. The van der Waals surface area contributed by atoms with Gasteiger partial charge in [-0.05, 0) is 18.1 Å².